The molecular weight excluding hydrogens is 477 g/mol. The van der Waals surface area contributed by atoms with Gasteiger partial charge >= 0.3 is 12.1 Å². The second kappa shape index (κ2) is 12.0. The highest BCUT2D eigenvalue weighted by Gasteiger charge is 2.28. The van der Waals surface area contributed by atoms with Crippen LogP contribution in [0.15, 0.2) is 53.0 Å². The number of halogens is 2. The standard InChI is InChI=1S/C25H31BrFNO4/c1-25(2,17-28(3)24(30)32-16-18-10-6-5-7-11-18)15-9-13-20(23(29)31-4)19-12-8-14-21(26)22(19)27/h5-8,10-12,14,20H,9,13,15-17H2,1-4H3. The lowest BCUT2D eigenvalue weighted by Gasteiger charge is -2.30. The van der Waals surface area contributed by atoms with Crippen molar-refractivity contribution >= 4 is 28.0 Å². The molecule has 32 heavy (non-hydrogen) atoms. The van der Waals surface area contributed by atoms with Crippen LogP contribution in [-0.2, 0) is 20.9 Å². The van der Waals surface area contributed by atoms with E-state index in [-0.39, 0.29) is 18.1 Å². The first-order valence-electron chi connectivity index (χ1n) is 10.6. The molecule has 0 aliphatic rings. The lowest BCUT2D eigenvalue weighted by Crippen LogP contribution is -2.36. The quantitative estimate of drug-likeness (QED) is 0.353. The molecule has 2 rings (SSSR count). The number of rotatable bonds is 10. The fraction of sp³-hybridized carbons (Fsp3) is 0.440. The Labute approximate surface area is 198 Å². The van der Waals surface area contributed by atoms with Gasteiger partial charge in [0.2, 0.25) is 0 Å². The molecule has 0 saturated heterocycles. The van der Waals surface area contributed by atoms with Crippen LogP contribution in [0, 0.1) is 11.2 Å². The average Bonchev–Trinajstić information content (AvgIpc) is 2.77. The molecule has 2 aromatic carbocycles. The molecule has 174 valence electrons. The molecule has 0 saturated carbocycles. The van der Waals surface area contributed by atoms with Crippen molar-refractivity contribution < 1.29 is 23.5 Å². The highest BCUT2D eigenvalue weighted by molar-refractivity contribution is 9.10. The number of esters is 1. The lowest BCUT2D eigenvalue weighted by molar-refractivity contribution is -0.142. The first kappa shape index (κ1) is 25.8. The average molecular weight is 508 g/mol. The van der Waals surface area contributed by atoms with Crippen LogP contribution < -0.4 is 0 Å². The number of carbonyl (C=O) groups excluding carboxylic acids is 2. The van der Waals surface area contributed by atoms with Crippen molar-refractivity contribution in [2.45, 2.75) is 45.6 Å². The number of hydrogen-bond acceptors (Lipinski definition) is 4. The number of benzene rings is 2. The van der Waals surface area contributed by atoms with Crippen LogP contribution in [-0.4, -0.2) is 37.7 Å². The molecule has 0 heterocycles. The summed E-state index contributed by atoms with van der Waals surface area (Å²) in [7, 11) is 3.02. The van der Waals surface area contributed by atoms with Gasteiger partial charge in [0.05, 0.1) is 17.5 Å². The minimum absolute atomic E-state index is 0.211. The third kappa shape index (κ3) is 7.62. The van der Waals surface area contributed by atoms with Crippen molar-refractivity contribution in [3.63, 3.8) is 0 Å². The molecule has 1 atom stereocenters. The second-order valence-electron chi connectivity index (χ2n) is 8.67. The van der Waals surface area contributed by atoms with Crippen molar-refractivity contribution in [2.24, 2.45) is 5.41 Å². The number of carbonyl (C=O) groups is 2. The minimum Gasteiger partial charge on any atom is -0.469 e. The summed E-state index contributed by atoms with van der Waals surface area (Å²) in [6, 6.07) is 14.4. The lowest BCUT2D eigenvalue weighted by atomic mass is 9.84. The highest BCUT2D eigenvalue weighted by atomic mass is 79.9. The van der Waals surface area contributed by atoms with E-state index in [0.29, 0.717) is 29.4 Å². The zero-order valence-corrected chi connectivity index (χ0v) is 20.7. The van der Waals surface area contributed by atoms with Crippen molar-refractivity contribution in [3.8, 4) is 0 Å². The zero-order chi connectivity index (χ0) is 23.7. The van der Waals surface area contributed by atoms with Crippen LogP contribution in [0.4, 0.5) is 9.18 Å². The van der Waals surface area contributed by atoms with Crippen molar-refractivity contribution in [3.05, 3.63) is 69.9 Å². The zero-order valence-electron chi connectivity index (χ0n) is 19.1. The maximum absolute atomic E-state index is 14.6. The summed E-state index contributed by atoms with van der Waals surface area (Å²) in [5.41, 5.74) is 1.05. The summed E-state index contributed by atoms with van der Waals surface area (Å²) < 4.78 is 25.2. The molecule has 1 unspecified atom stereocenters. The van der Waals surface area contributed by atoms with Crippen LogP contribution in [0.25, 0.3) is 0 Å². The molecule has 0 bridgehead atoms. The second-order valence-corrected chi connectivity index (χ2v) is 9.53. The third-order valence-electron chi connectivity index (χ3n) is 5.37. The summed E-state index contributed by atoms with van der Waals surface area (Å²) in [5.74, 6) is -1.58. The smallest absolute Gasteiger partial charge is 0.409 e. The van der Waals surface area contributed by atoms with E-state index in [2.05, 4.69) is 29.8 Å². The molecule has 0 fully saturated rings. The Morgan fingerprint density at radius 1 is 1.12 bits per heavy atom. The molecular formula is C25H31BrFNO4. The summed E-state index contributed by atoms with van der Waals surface area (Å²) >= 11 is 3.18. The van der Waals surface area contributed by atoms with Gasteiger partial charge < -0.3 is 14.4 Å². The molecule has 0 aliphatic carbocycles. The highest BCUT2D eigenvalue weighted by Crippen LogP contribution is 2.32. The Bertz CT molecular complexity index is 904. The maximum Gasteiger partial charge on any atom is 0.409 e. The van der Waals surface area contributed by atoms with Crippen molar-refractivity contribution in [2.75, 3.05) is 20.7 Å². The van der Waals surface area contributed by atoms with E-state index in [1.807, 2.05) is 30.3 Å². The van der Waals surface area contributed by atoms with Crippen molar-refractivity contribution in [1.29, 1.82) is 0 Å². The van der Waals surface area contributed by atoms with Gasteiger partial charge in [0.15, 0.2) is 0 Å². The summed E-state index contributed by atoms with van der Waals surface area (Å²) in [6.45, 7) is 4.83. The van der Waals surface area contributed by atoms with E-state index in [1.165, 1.54) is 7.11 Å². The van der Waals surface area contributed by atoms with Gasteiger partial charge in [-0.05, 0) is 45.8 Å². The monoisotopic (exact) mass is 507 g/mol. The molecule has 0 spiro atoms. The number of ether oxygens (including phenoxy) is 2. The first-order chi connectivity index (χ1) is 15.1. The predicted molar refractivity (Wildman–Crippen MR) is 126 cm³/mol. The van der Waals surface area contributed by atoms with E-state index >= 15 is 0 Å². The Hall–Kier alpha value is -2.41. The fourth-order valence-electron chi connectivity index (χ4n) is 3.73. The Kier molecular flexibility index (Phi) is 9.69. The molecule has 0 N–H and O–H groups in total. The van der Waals surface area contributed by atoms with Crippen LogP contribution >= 0.6 is 15.9 Å². The molecule has 5 nitrogen and oxygen atoms in total. The van der Waals surface area contributed by atoms with Gasteiger partial charge in [0.1, 0.15) is 12.4 Å². The van der Waals surface area contributed by atoms with Crippen LogP contribution in [0.1, 0.15) is 50.2 Å². The Morgan fingerprint density at radius 2 is 1.81 bits per heavy atom. The van der Waals surface area contributed by atoms with Gasteiger partial charge in [0.25, 0.3) is 0 Å². The topological polar surface area (TPSA) is 55.8 Å². The summed E-state index contributed by atoms with van der Waals surface area (Å²) in [4.78, 5) is 26.2. The Morgan fingerprint density at radius 3 is 2.47 bits per heavy atom. The minimum atomic E-state index is -0.679. The van der Waals surface area contributed by atoms with E-state index in [0.717, 1.165) is 12.0 Å². The van der Waals surface area contributed by atoms with E-state index in [1.54, 1.807) is 30.1 Å². The van der Waals surface area contributed by atoms with Crippen LogP contribution in [0.5, 0.6) is 0 Å². The Balaban J connectivity index is 1.90. The molecule has 7 heteroatoms. The van der Waals surface area contributed by atoms with Gasteiger partial charge in [-0.3, -0.25) is 4.79 Å². The number of hydrogen-bond donors (Lipinski definition) is 0. The van der Waals surface area contributed by atoms with Crippen LogP contribution in [0.3, 0.4) is 0 Å². The molecule has 2 aromatic rings. The van der Waals surface area contributed by atoms with E-state index in [4.69, 9.17) is 9.47 Å². The van der Waals surface area contributed by atoms with Gasteiger partial charge in [-0.25, -0.2) is 9.18 Å². The predicted octanol–water partition coefficient (Wildman–Crippen LogP) is 6.31. The van der Waals surface area contributed by atoms with E-state index in [9.17, 15) is 14.0 Å². The summed E-state index contributed by atoms with van der Waals surface area (Å²) in [6.07, 6.45) is 1.48. The molecule has 1 amide bonds. The fourth-order valence-corrected chi connectivity index (χ4v) is 4.11. The summed E-state index contributed by atoms with van der Waals surface area (Å²) in [5, 5.41) is 0. The normalized spacial score (nSPS) is 12.2. The van der Waals surface area contributed by atoms with Crippen molar-refractivity contribution in [1.82, 2.24) is 4.90 Å². The number of amides is 1. The van der Waals surface area contributed by atoms with Gasteiger partial charge in [-0.2, -0.15) is 0 Å². The largest absolute Gasteiger partial charge is 0.469 e. The molecule has 0 radical (unpaired) electrons. The van der Waals surface area contributed by atoms with Gasteiger partial charge in [-0.1, -0.05) is 62.7 Å². The first-order valence-corrected chi connectivity index (χ1v) is 11.4. The molecule has 0 aromatic heterocycles. The maximum atomic E-state index is 14.6. The van der Waals surface area contributed by atoms with E-state index < -0.39 is 17.7 Å². The van der Waals surface area contributed by atoms with Gasteiger partial charge in [-0.15, -0.1) is 0 Å². The molecule has 0 aliphatic heterocycles. The number of methoxy groups -OCH3 is 1. The van der Waals surface area contributed by atoms with Gasteiger partial charge in [0, 0.05) is 19.2 Å². The SMILES string of the molecule is COC(=O)C(CCCC(C)(C)CN(C)C(=O)OCc1ccccc1)c1cccc(Br)c1F. The third-order valence-corrected chi connectivity index (χ3v) is 5.98. The number of nitrogens with zero attached hydrogens (tertiary/aromatic N) is 1. The van der Waals surface area contributed by atoms with Crippen LogP contribution in [0.2, 0.25) is 0 Å².